The molecule has 1 saturated carbocycles. The Kier molecular flexibility index (Phi) is 2.61. The summed E-state index contributed by atoms with van der Waals surface area (Å²) in [6.07, 6.45) is 4.22. The number of nitrogens with zero attached hydrogens (tertiary/aromatic N) is 1. The van der Waals surface area contributed by atoms with Gasteiger partial charge in [0.15, 0.2) is 0 Å². The van der Waals surface area contributed by atoms with E-state index in [0.717, 1.165) is 32.4 Å². The Balaban J connectivity index is 1.70. The Morgan fingerprint density at radius 2 is 2.18 bits per heavy atom. The molecule has 1 aliphatic carbocycles. The summed E-state index contributed by atoms with van der Waals surface area (Å²) in [5, 5.41) is 12.5. The molecule has 3 aliphatic heterocycles. The molecule has 3 fully saturated rings. The van der Waals surface area contributed by atoms with Gasteiger partial charge in [-0.3, -0.25) is 4.90 Å². The van der Waals surface area contributed by atoms with Crippen molar-refractivity contribution in [2.75, 3.05) is 13.1 Å². The third-order valence-electron chi connectivity index (χ3n) is 6.45. The fourth-order valence-corrected chi connectivity index (χ4v) is 5.66. The monoisotopic (exact) mass is 296 g/mol. The van der Waals surface area contributed by atoms with Gasteiger partial charge in [0, 0.05) is 41.6 Å². The van der Waals surface area contributed by atoms with E-state index in [1.54, 1.807) is 0 Å². The van der Waals surface area contributed by atoms with E-state index in [0.29, 0.717) is 17.9 Å². The maximum atomic E-state index is 11.1. The molecule has 0 radical (unpaired) electrons. The lowest BCUT2D eigenvalue weighted by atomic mass is 9.63. The van der Waals surface area contributed by atoms with Crippen LogP contribution in [-0.4, -0.2) is 39.7 Å². The number of hydrogen-bond acceptors (Lipinski definition) is 2. The number of benzene rings is 1. The van der Waals surface area contributed by atoms with Crippen LogP contribution in [0.25, 0.3) is 10.9 Å². The smallest absolute Gasteiger partial charge is 0.0784 e. The van der Waals surface area contributed by atoms with Gasteiger partial charge in [-0.05, 0) is 36.8 Å². The third-order valence-corrected chi connectivity index (χ3v) is 6.45. The van der Waals surface area contributed by atoms with E-state index in [1.165, 1.54) is 28.6 Å². The summed E-state index contributed by atoms with van der Waals surface area (Å²) in [5.74, 6) is 1.11. The highest BCUT2D eigenvalue weighted by Gasteiger charge is 2.54. The quantitative estimate of drug-likeness (QED) is 0.849. The molecule has 1 aromatic carbocycles. The predicted molar refractivity (Wildman–Crippen MR) is 88.1 cm³/mol. The number of H-pyrrole nitrogens is 1. The van der Waals surface area contributed by atoms with Crippen molar-refractivity contribution in [1.82, 2.24) is 9.88 Å². The molecule has 116 valence electrons. The van der Waals surface area contributed by atoms with E-state index in [-0.39, 0.29) is 0 Å². The summed E-state index contributed by atoms with van der Waals surface area (Å²) in [7, 11) is 0. The standard InChI is InChI=1S/C19H24N2O/c1-2-12-9-19(22)10-15-17-14(7-8-21(11-19)18(12)15)13-5-3-4-6-16(13)20-17/h3-6,12,15,18,20,22H,2,7-11H2,1H3/t12-,15-,18-,19-/m0/s1. The summed E-state index contributed by atoms with van der Waals surface area (Å²) in [6.45, 7) is 4.26. The summed E-state index contributed by atoms with van der Waals surface area (Å²) in [6, 6.07) is 9.31. The number of aromatic nitrogens is 1. The van der Waals surface area contributed by atoms with Crippen molar-refractivity contribution >= 4 is 10.9 Å². The maximum Gasteiger partial charge on any atom is 0.0784 e. The average Bonchev–Trinajstić information content (AvgIpc) is 2.85. The van der Waals surface area contributed by atoms with Crippen LogP contribution in [0.15, 0.2) is 24.3 Å². The molecule has 3 nitrogen and oxygen atoms in total. The zero-order valence-corrected chi connectivity index (χ0v) is 13.2. The first-order valence-electron chi connectivity index (χ1n) is 8.74. The molecular weight excluding hydrogens is 272 g/mol. The van der Waals surface area contributed by atoms with Crippen LogP contribution >= 0.6 is 0 Å². The van der Waals surface area contributed by atoms with Gasteiger partial charge < -0.3 is 10.1 Å². The Bertz CT molecular complexity index is 736. The number of aromatic amines is 1. The molecule has 5 atom stereocenters. The van der Waals surface area contributed by atoms with Gasteiger partial charge >= 0.3 is 0 Å². The molecule has 2 saturated heterocycles. The van der Waals surface area contributed by atoms with Gasteiger partial charge in [-0.2, -0.15) is 0 Å². The molecule has 2 aromatic rings. The van der Waals surface area contributed by atoms with E-state index in [2.05, 4.69) is 41.1 Å². The Morgan fingerprint density at radius 1 is 1.32 bits per heavy atom. The van der Waals surface area contributed by atoms with Gasteiger partial charge in [0.25, 0.3) is 0 Å². The molecule has 0 spiro atoms. The van der Waals surface area contributed by atoms with Crippen LogP contribution in [0.1, 0.15) is 43.4 Å². The average molecular weight is 296 g/mol. The van der Waals surface area contributed by atoms with Crippen molar-refractivity contribution in [2.45, 2.75) is 50.2 Å². The second kappa shape index (κ2) is 4.36. The van der Waals surface area contributed by atoms with Crippen LogP contribution in [0.4, 0.5) is 0 Å². The van der Waals surface area contributed by atoms with Crippen molar-refractivity contribution in [1.29, 1.82) is 0 Å². The van der Waals surface area contributed by atoms with E-state index in [1.807, 2.05) is 0 Å². The normalized spacial score (nSPS) is 39.7. The second-order valence-corrected chi connectivity index (χ2v) is 7.68. The first kappa shape index (κ1) is 13.1. The SMILES string of the molecule is CC[C@H]1C[C@]2(O)C[C@H]3c4[nH]c5ccccc5c4CCN(C2)[C@@H]13. The van der Waals surface area contributed by atoms with Crippen LogP contribution in [-0.2, 0) is 6.42 Å². The van der Waals surface area contributed by atoms with Gasteiger partial charge in [0.2, 0.25) is 0 Å². The minimum Gasteiger partial charge on any atom is -0.389 e. The van der Waals surface area contributed by atoms with Gasteiger partial charge in [0.05, 0.1) is 5.60 Å². The van der Waals surface area contributed by atoms with Gasteiger partial charge in [0.1, 0.15) is 0 Å². The Morgan fingerprint density at radius 3 is 3.05 bits per heavy atom. The number of para-hydroxylation sites is 1. The molecule has 1 unspecified atom stereocenters. The third kappa shape index (κ3) is 1.64. The van der Waals surface area contributed by atoms with E-state index in [4.69, 9.17) is 0 Å². The minimum atomic E-state index is -0.473. The molecule has 4 bridgehead atoms. The molecule has 4 heterocycles. The van der Waals surface area contributed by atoms with Crippen molar-refractivity contribution in [3.8, 4) is 0 Å². The first-order valence-corrected chi connectivity index (χ1v) is 8.74. The largest absolute Gasteiger partial charge is 0.389 e. The number of hydrogen-bond donors (Lipinski definition) is 2. The van der Waals surface area contributed by atoms with Crippen LogP contribution in [0.5, 0.6) is 0 Å². The van der Waals surface area contributed by atoms with Crippen LogP contribution in [0.2, 0.25) is 0 Å². The van der Waals surface area contributed by atoms with E-state index >= 15 is 0 Å². The molecule has 4 aliphatic rings. The number of aliphatic hydroxyl groups is 1. The fraction of sp³-hybridized carbons (Fsp3) is 0.579. The number of nitrogens with one attached hydrogen (secondary N) is 1. The summed E-state index contributed by atoms with van der Waals surface area (Å²) < 4.78 is 0. The molecule has 2 N–H and O–H groups in total. The van der Waals surface area contributed by atoms with E-state index < -0.39 is 5.60 Å². The van der Waals surface area contributed by atoms with Crippen molar-refractivity contribution < 1.29 is 5.11 Å². The topological polar surface area (TPSA) is 39.3 Å². The molecule has 3 heteroatoms. The van der Waals surface area contributed by atoms with E-state index in [9.17, 15) is 5.11 Å². The predicted octanol–water partition coefficient (Wildman–Crippen LogP) is 3.04. The molecule has 22 heavy (non-hydrogen) atoms. The number of rotatable bonds is 1. The molecule has 0 amide bonds. The Labute approximate surface area is 131 Å². The van der Waals surface area contributed by atoms with Crippen molar-refractivity contribution in [3.63, 3.8) is 0 Å². The summed E-state index contributed by atoms with van der Waals surface area (Å²) >= 11 is 0. The summed E-state index contributed by atoms with van der Waals surface area (Å²) in [5.41, 5.74) is 3.72. The highest BCUT2D eigenvalue weighted by molar-refractivity contribution is 5.85. The zero-order valence-electron chi connectivity index (χ0n) is 13.2. The highest BCUT2D eigenvalue weighted by Crippen LogP contribution is 2.52. The second-order valence-electron chi connectivity index (χ2n) is 7.68. The lowest BCUT2D eigenvalue weighted by Gasteiger charge is -2.57. The maximum absolute atomic E-state index is 11.1. The van der Waals surface area contributed by atoms with Crippen molar-refractivity contribution in [2.24, 2.45) is 5.92 Å². The lowest BCUT2D eigenvalue weighted by molar-refractivity contribution is -0.135. The number of piperidine rings is 2. The molecular formula is C19H24N2O. The summed E-state index contributed by atoms with van der Waals surface area (Å²) in [4.78, 5) is 6.31. The van der Waals surface area contributed by atoms with Gasteiger partial charge in [-0.1, -0.05) is 31.5 Å². The first-order chi connectivity index (χ1) is 10.7. The minimum absolute atomic E-state index is 0.473. The zero-order chi connectivity index (χ0) is 14.9. The Hall–Kier alpha value is -1.32. The molecule has 1 aromatic heterocycles. The number of fused-ring (bicyclic) bond motifs is 4. The molecule has 6 rings (SSSR count). The van der Waals surface area contributed by atoms with Gasteiger partial charge in [-0.15, -0.1) is 0 Å². The fourth-order valence-electron chi connectivity index (χ4n) is 5.66. The van der Waals surface area contributed by atoms with Crippen LogP contribution in [0.3, 0.4) is 0 Å². The van der Waals surface area contributed by atoms with Gasteiger partial charge in [-0.25, -0.2) is 0 Å². The van der Waals surface area contributed by atoms with Crippen LogP contribution < -0.4 is 0 Å². The highest BCUT2D eigenvalue weighted by atomic mass is 16.3. The lowest BCUT2D eigenvalue weighted by Crippen LogP contribution is -2.64. The van der Waals surface area contributed by atoms with Crippen LogP contribution in [0, 0.1) is 5.92 Å². The van der Waals surface area contributed by atoms with Crippen molar-refractivity contribution in [3.05, 3.63) is 35.5 Å².